The first kappa shape index (κ1) is 17.6. The lowest BCUT2D eigenvalue weighted by atomic mass is 10.2. The standard InChI is InChI=1S/C12H21NO6/c1-5-9(14)19-10(11(13)15)12(16-6-2,17-7-3)18-8-4/h5,10H,1,6-8H2,2-4H3,(H2,13,15). The zero-order chi connectivity index (χ0) is 14.9. The molecule has 0 fully saturated rings. The number of hydrogen-bond donors (Lipinski definition) is 1. The fourth-order valence-corrected chi connectivity index (χ4v) is 1.42. The molecule has 0 spiro atoms. The van der Waals surface area contributed by atoms with E-state index in [-0.39, 0.29) is 19.8 Å². The van der Waals surface area contributed by atoms with Gasteiger partial charge in [-0.1, -0.05) is 6.58 Å². The first-order valence-electron chi connectivity index (χ1n) is 6.01. The molecule has 0 saturated heterocycles. The second-order valence-corrected chi connectivity index (χ2v) is 3.33. The summed E-state index contributed by atoms with van der Waals surface area (Å²) in [6.45, 7) is 8.81. The average Bonchev–Trinajstić information content (AvgIpc) is 2.36. The molecule has 0 aromatic carbocycles. The lowest BCUT2D eigenvalue weighted by Gasteiger charge is -2.36. The lowest BCUT2D eigenvalue weighted by Crippen LogP contribution is -2.57. The van der Waals surface area contributed by atoms with Crippen molar-refractivity contribution in [1.82, 2.24) is 0 Å². The van der Waals surface area contributed by atoms with Crippen LogP contribution in [0.5, 0.6) is 0 Å². The van der Waals surface area contributed by atoms with E-state index in [1.165, 1.54) is 0 Å². The first-order valence-corrected chi connectivity index (χ1v) is 6.01. The van der Waals surface area contributed by atoms with Crippen LogP contribution in [0.3, 0.4) is 0 Å². The molecule has 0 rings (SSSR count). The largest absolute Gasteiger partial charge is 0.440 e. The van der Waals surface area contributed by atoms with Crippen LogP contribution in [0.15, 0.2) is 12.7 Å². The number of nitrogens with two attached hydrogens (primary N) is 1. The molecule has 1 amide bonds. The Labute approximate surface area is 112 Å². The van der Waals surface area contributed by atoms with Gasteiger partial charge in [-0.2, -0.15) is 0 Å². The third-order valence-corrected chi connectivity index (χ3v) is 2.02. The second-order valence-electron chi connectivity index (χ2n) is 3.33. The van der Waals surface area contributed by atoms with Crippen molar-refractivity contribution in [3.8, 4) is 0 Å². The molecule has 7 nitrogen and oxygen atoms in total. The van der Waals surface area contributed by atoms with Crippen LogP contribution in [0.1, 0.15) is 20.8 Å². The van der Waals surface area contributed by atoms with Crippen LogP contribution < -0.4 is 5.73 Å². The van der Waals surface area contributed by atoms with E-state index in [2.05, 4.69) is 6.58 Å². The quantitative estimate of drug-likeness (QED) is 0.350. The predicted molar refractivity (Wildman–Crippen MR) is 66.9 cm³/mol. The van der Waals surface area contributed by atoms with Crippen LogP contribution in [0.4, 0.5) is 0 Å². The summed E-state index contributed by atoms with van der Waals surface area (Å²) in [7, 11) is 0. The fraction of sp³-hybridized carbons (Fsp3) is 0.667. The Hall–Kier alpha value is -1.44. The third-order valence-electron chi connectivity index (χ3n) is 2.02. The molecule has 0 saturated carbocycles. The molecular weight excluding hydrogens is 254 g/mol. The van der Waals surface area contributed by atoms with Crippen LogP contribution in [0.25, 0.3) is 0 Å². The van der Waals surface area contributed by atoms with Crippen molar-refractivity contribution < 1.29 is 28.5 Å². The third kappa shape index (κ3) is 4.98. The summed E-state index contributed by atoms with van der Waals surface area (Å²) in [5.74, 6) is -3.61. The summed E-state index contributed by atoms with van der Waals surface area (Å²) >= 11 is 0. The number of rotatable bonds is 10. The molecule has 0 aromatic heterocycles. The van der Waals surface area contributed by atoms with E-state index in [0.717, 1.165) is 6.08 Å². The number of carbonyl (C=O) groups excluding carboxylic acids is 2. The van der Waals surface area contributed by atoms with Gasteiger partial charge in [0.1, 0.15) is 0 Å². The van der Waals surface area contributed by atoms with E-state index in [0.29, 0.717) is 0 Å². The zero-order valence-electron chi connectivity index (χ0n) is 11.5. The van der Waals surface area contributed by atoms with Crippen molar-refractivity contribution >= 4 is 11.9 Å². The van der Waals surface area contributed by atoms with Crippen molar-refractivity contribution in [2.75, 3.05) is 19.8 Å². The molecule has 2 N–H and O–H groups in total. The molecular formula is C12H21NO6. The van der Waals surface area contributed by atoms with Gasteiger partial charge in [-0.3, -0.25) is 4.79 Å². The Kier molecular flexibility index (Phi) is 7.97. The van der Waals surface area contributed by atoms with Gasteiger partial charge in [0, 0.05) is 25.9 Å². The van der Waals surface area contributed by atoms with Crippen LogP contribution in [0.2, 0.25) is 0 Å². The maximum atomic E-state index is 11.5. The van der Waals surface area contributed by atoms with Gasteiger partial charge in [0.15, 0.2) is 0 Å². The molecule has 0 aliphatic rings. The molecule has 1 unspecified atom stereocenters. The lowest BCUT2D eigenvalue weighted by molar-refractivity contribution is -0.402. The van der Waals surface area contributed by atoms with E-state index >= 15 is 0 Å². The Morgan fingerprint density at radius 1 is 1.16 bits per heavy atom. The molecule has 0 bridgehead atoms. The number of ether oxygens (including phenoxy) is 4. The smallest absolute Gasteiger partial charge is 0.332 e. The molecule has 0 radical (unpaired) electrons. The summed E-state index contributed by atoms with van der Waals surface area (Å²) in [5.41, 5.74) is 5.23. The molecule has 110 valence electrons. The Morgan fingerprint density at radius 3 is 1.84 bits per heavy atom. The van der Waals surface area contributed by atoms with Crippen molar-refractivity contribution in [3.63, 3.8) is 0 Å². The number of amides is 1. The summed E-state index contributed by atoms with van der Waals surface area (Å²) < 4.78 is 20.8. The molecule has 19 heavy (non-hydrogen) atoms. The van der Waals surface area contributed by atoms with Gasteiger partial charge in [-0.15, -0.1) is 0 Å². The highest BCUT2D eigenvalue weighted by Crippen LogP contribution is 2.23. The highest BCUT2D eigenvalue weighted by Gasteiger charge is 2.49. The number of esters is 1. The first-order chi connectivity index (χ1) is 8.97. The highest BCUT2D eigenvalue weighted by molar-refractivity contribution is 5.87. The van der Waals surface area contributed by atoms with Crippen molar-refractivity contribution in [3.05, 3.63) is 12.7 Å². The summed E-state index contributed by atoms with van der Waals surface area (Å²) in [4.78, 5) is 22.8. The SMILES string of the molecule is C=CC(=O)OC(C(N)=O)C(OCC)(OCC)OCC. The van der Waals surface area contributed by atoms with Crippen LogP contribution in [0, 0.1) is 0 Å². The van der Waals surface area contributed by atoms with E-state index < -0.39 is 24.0 Å². The van der Waals surface area contributed by atoms with E-state index in [9.17, 15) is 9.59 Å². The van der Waals surface area contributed by atoms with Gasteiger partial charge in [-0.05, 0) is 20.8 Å². The van der Waals surface area contributed by atoms with Crippen molar-refractivity contribution in [2.45, 2.75) is 32.8 Å². The van der Waals surface area contributed by atoms with Gasteiger partial charge in [-0.25, -0.2) is 4.79 Å². The maximum absolute atomic E-state index is 11.5. The highest BCUT2D eigenvalue weighted by atomic mass is 16.9. The summed E-state index contributed by atoms with van der Waals surface area (Å²) in [6.07, 6.45) is -0.622. The van der Waals surface area contributed by atoms with E-state index in [1.807, 2.05) is 0 Å². The van der Waals surface area contributed by atoms with Crippen molar-refractivity contribution in [1.29, 1.82) is 0 Å². The molecule has 7 heteroatoms. The van der Waals surface area contributed by atoms with Crippen LogP contribution in [-0.2, 0) is 28.5 Å². The zero-order valence-corrected chi connectivity index (χ0v) is 11.5. The maximum Gasteiger partial charge on any atom is 0.332 e. The van der Waals surface area contributed by atoms with Gasteiger partial charge < -0.3 is 24.7 Å². The Balaban J connectivity index is 5.35. The minimum Gasteiger partial charge on any atom is -0.440 e. The summed E-state index contributed by atoms with van der Waals surface area (Å²) in [5, 5.41) is 0. The molecule has 0 aromatic rings. The number of hydrogen-bond acceptors (Lipinski definition) is 6. The minimum atomic E-state index is -1.84. The fourth-order valence-electron chi connectivity index (χ4n) is 1.42. The minimum absolute atomic E-state index is 0.176. The normalized spacial score (nSPS) is 12.8. The van der Waals surface area contributed by atoms with E-state index in [4.69, 9.17) is 24.7 Å². The molecule has 1 atom stereocenters. The topological polar surface area (TPSA) is 97.1 Å². The van der Waals surface area contributed by atoms with Gasteiger partial charge in [0.05, 0.1) is 0 Å². The van der Waals surface area contributed by atoms with Crippen LogP contribution in [-0.4, -0.2) is 43.8 Å². The molecule has 0 aliphatic carbocycles. The Bertz CT molecular complexity index is 300. The Morgan fingerprint density at radius 2 is 1.58 bits per heavy atom. The van der Waals surface area contributed by atoms with E-state index in [1.54, 1.807) is 20.8 Å². The van der Waals surface area contributed by atoms with Crippen molar-refractivity contribution in [2.24, 2.45) is 5.73 Å². The van der Waals surface area contributed by atoms with Crippen LogP contribution >= 0.6 is 0 Å². The second kappa shape index (κ2) is 8.63. The van der Waals surface area contributed by atoms with Gasteiger partial charge in [0.25, 0.3) is 12.0 Å². The van der Waals surface area contributed by atoms with Gasteiger partial charge >= 0.3 is 11.9 Å². The average molecular weight is 275 g/mol. The number of primary amides is 1. The molecule has 0 aliphatic heterocycles. The molecule has 0 heterocycles. The monoisotopic (exact) mass is 275 g/mol. The number of carbonyl (C=O) groups is 2. The summed E-state index contributed by atoms with van der Waals surface area (Å²) in [6, 6.07) is 0. The predicted octanol–water partition coefficient (Wildman–Crippen LogP) is 0.333. The van der Waals surface area contributed by atoms with Gasteiger partial charge in [0.2, 0.25) is 0 Å².